The zero-order valence-corrected chi connectivity index (χ0v) is 33.7. The van der Waals surface area contributed by atoms with Gasteiger partial charge in [0.25, 0.3) is 0 Å². The predicted octanol–water partition coefficient (Wildman–Crippen LogP) is 14.2. The van der Waals surface area contributed by atoms with E-state index in [1.807, 2.05) is 78.9 Å². The number of hydrogen-bond donors (Lipinski definition) is 0. The fourth-order valence-corrected chi connectivity index (χ4v) is 9.53. The molecule has 13 rings (SSSR count). The molecule has 0 radical (unpaired) electrons. The molecule has 4 heterocycles. The molecule has 0 saturated carbocycles. The van der Waals surface area contributed by atoms with E-state index in [1.165, 1.54) is 21.5 Å². The van der Waals surface area contributed by atoms with Crippen LogP contribution in [0.25, 0.3) is 122 Å². The average Bonchev–Trinajstić information content (AvgIpc) is 4.03. The first-order valence-corrected chi connectivity index (χ1v) is 21.0. The Balaban J connectivity index is 1.07. The zero-order valence-electron chi connectivity index (χ0n) is 33.7. The molecule has 0 unspecified atom stereocenters. The maximum Gasteiger partial charge on any atom is 0.164 e. The van der Waals surface area contributed by atoms with Crippen molar-refractivity contribution in [2.75, 3.05) is 0 Å². The summed E-state index contributed by atoms with van der Waals surface area (Å²) in [5.41, 5.74) is 12.7. The molecule has 4 aromatic heterocycles. The van der Waals surface area contributed by atoms with Gasteiger partial charge < -0.3 is 13.6 Å². The zero-order chi connectivity index (χ0) is 41.4. The highest BCUT2D eigenvalue weighted by Crippen LogP contribution is 2.45. The lowest BCUT2D eigenvalue weighted by atomic mass is 9.97. The third kappa shape index (κ3) is 5.37. The maximum atomic E-state index is 7.26. The Hall–Kier alpha value is -8.79. The Labute approximate surface area is 361 Å². The Kier molecular flexibility index (Phi) is 7.72. The largest absolute Gasteiger partial charge is 0.453 e. The number of nitrogens with zero attached hydrogens (tertiary/aromatic N) is 5. The lowest BCUT2D eigenvalue weighted by molar-refractivity contribution is 0.667. The monoisotopic (exact) mass is 803 g/mol. The smallest absolute Gasteiger partial charge is 0.164 e. The molecule has 0 atom stereocenters. The summed E-state index contributed by atoms with van der Waals surface area (Å²) >= 11 is 0. The molecule has 0 amide bonds. The standard InChI is InChI=1S/C57H33N5O/c1-4-18-36(19-5-1)55-58-56(37-20-6-2-7-21-37)60-57(59-55)47-27-11-10-24-39(47)44-28-16-29-45-46-30-17-33-50(54(46)63-53(44)45)62-49-32-15-13-26-41(49)43-35-34-42-40-25-12-14-31-48(40)61(51(42)52(43)62)38-22-8-3-9-23-38/h1-2,4-8,10-35H. The van der Waals surface area contributed by atoms with Crippen molar-refractivity contribution in [2.24, 2.45) is 0 Å². The summed E-state index contributed by atoms with van der Waals surface area (Å²) < 4.78 is 12.0. The third-order valence-corrected chi connectivity index (χ3v) is 12.3. The fourth-order valence-electron chi connectivity index (χ4n) is 9.53. The molecule has 0 fully saturated rings. The summed E-state index contributed by atoms with van der Waals surface area (Å²) in [5.74, 6) is 1.82. The van der Waals surface area contributed by atoms with Gasteiger partial charge in [-0.1, -0.05) is 176 Å². The highest BCUT2D eigenvalue weighted by molar-refractivity contribution is 6.24. The highest BCUT2D eigenvalue weighted by atomic mass is 16.3. The number of rotatable bonds is 6. The van der Waals surface area contributed by atoms with Crippen molar-refractivity contribution in [3.8, 4) is 56.7 Å². The molecule has 0 spiro atoms. The van der Waals surface area contributed by atoms with Crippen LogP contribution < -0.4 is 0 Å². The molecular weight excluding hydrogens is 771 g/mol. The van der Waals surface area contributed by atoms with Crippen LogP contribution in [0.2, 0.25) is 0 Å². The summed E-state index contributed by atoms with van der Waals surface area (Å²) in [5, 5.41) is 6.76. The summed E-state index contributed by atoms with van der Waals surface area (Å²) in [4.78, 5) is 15.2. The van der Waals surface area contributed by atoms with Gasteiger partial charge in [-0.25, -0.2) is 15.0 Å². The number of para-hydroxylation sites is 4. The lowest BCUT2D eigenvalue weighted by Crippen LogP contribution is -2.01. The quantitative estimate of drug-likeness (QED) is 0.168. The van der Waals surface area contributed by atoms with Crippen molar-refractivity contribution < 1.29 is 4.42 Å². The normalized spacial score (nSPS) is 11.7. The second kappa shape index (κ2) is 13.9. The van der Waals surface area contributed by atoms with Gasteiger partial charge in [0.15, 0.2) is 23.1 Å². The molecule has 6 heteroatoms. The topological polar surface area (TPSA) is 61.7 Å². The number of furan rings is 1. The minimum absolute atomic E-state index is 0.589. The average molecular weight is 804 g/mol. The number of fused-ring (bicyclic) bond motifs is 10. The van der Waals surface area contributed by atoms with E-state index in [-0.39, 0.29) is 0 Å². The van der Waals surface area contributed by atoms with Gasteiger partial charge in [-0.15, -0.1) is 0 Å². The predicted molar refractivity (Wildman–Crippen MR) is 255 cm³/mol. The first-order valence-electron chi connectivity index (χ1n) is 21.0. The molecule has 0 saturated heterocycles. The molecule has 0 aliphatic heterocycles. The minimum Gasteiger partial charge on any atom is -0.453 e. The van der Waals surface area contributed by atoms with Gasteiger partial charge in [0.1, 0.15) is 5.58 Å². The van der Waals surface area contributed by atoms with E-state index in [0.717, 1.165) is 83.2 Å². The Morgan fingerprint density at radius 3 is 1.56 bits per heavy atom. The molecule has 0 aliphatic carbocycles. The first kappa shape index (κ1) is 35.0. The lowest BCUT2D eigenvalue weighted by Gasteiger charge is -2.12. The number of benzene rings is 8. The van der Waals surface area contributed by atoms with E-state index < -0.39 is 0 Å². The number of aromatic nitrogens is 5. The van der Waals surface area contributed by atoms with Crippen LogP contribution in [0.4, 0.5) is 0 Å². The van der Waals surface area contributed by atoms with Crippen molar-refractivity contribution in [1.82, 2.24) is 24.1 Å². The van der Waals surface area contributed by atoms with Gasteiger partial charge in [0.05, 0.1) is 33.4 Å². The van der Waals surface area contributed by atoms with Gasteiger partial charge in [-0.2, -0.15) is 0 Å². The van der Waals surface area contributed by atoms with Gasteiger partial charge in [-0.3, -0.25) is 0 Å². The Morgan fingerprint density at radius 1 is 0.365 bits per heavy atom. The van der Waals surface area contributed by atoms with E-state index in [4.69, 9.17) is 19.4 Å². The summed E-state index contributed by atoms with van der Waals surface area (Å²) in [6.45, 7) is 0. The van der Waals surface area contributed by atoms with Crippen LogP contribution in [-0.2, 0) is 0 Å². The van der Waals surface area contributed by atoms with Crippen molar-refractivity contribution >= 4 is 65.6 Å². The van der Waals surface area contributed by atoms with Crippen LogP contribution in [-0.4, -0.2) is 24.1 Å². The van der Waals surface area contributed by atoms with Crippen LogP contribution in [0.1, 0.15) is 0 Å². The molecule has 6 nitrogen and oxygen atoms in total. The van der Waals surface area contributed by atoms with Crippen LogP contribution >= 0.6 is 0 Å². The molecule has 0 N–H and O–H groups in total. The minimum atomic E-state index is 0.589. The SMILES string of the molecule is c1ccc(-n2c3ccccc3c3ccc4c5ccccc5n(-c5cccc6c5oc5c(-c7ccccc7-c7nc(-c8ccccc8)nc(-c8ccccc8)n7)cccc56)c4c32)cc#1. The summed E-state index contributed by atoms with van der Waals surface area (Å²) in [6.07, 6.45) is 0. The van der Waals surface area contributed by atoms with Gasteiger partial charge in [0, 0.05) is 60.6 Å². The molecule has 63 heavy (non-hydrogen) atoms. The molecule has 9 aromatic carbocycles. The first-order chi connectivity index (χ1) is 31.3. The molecule has 0 bridgehead atoms. The highest BCUT2D eigenvalue weighted by Gasteiger charge is 2.24. The molecular formula is C57H33N5O. The van der Waals surface area contributed by atoms with Crippen molar-refractivity contribution in [1.29, 1.82) is 0 Å². The van der Waals surface area contributed by atoms with E-state index in [0.29, 0.717) is 17.5 Å². The maximum absolute atomic E-state index is 7.26. The van der Waals surface area contributed by atoms with E-state index in [2.05, 4.69) is 143 Å². The van der Waals surface area contributed by atoms with Crippen LogP contribution in [0.3, 0.4) is 0 Å². The van der Waals surface area contributed by atoms with Crippen molar-refractivity contribution in [3.05, 3.63) is 212 Å². The molecule has 13 aromatic rings. The Bertz CT molecular complexity index is 3850. The summed E-state index contributed by atoms with van der Waals surface area (Å²) in [7, 11) is 0. The van der Waals surface area contributed by atoms with Crippen LogP contribution in [0, 0.1) is 12.1 Å². The fraction of sp³-hybridized carbons (Fsp3) is 0. The van der Waals surface area contributed by atoms with Gasteiger partial charge in [-0.05, 0) is 35.9 Å². The summed E-state index contributed by atoms with van der Waals surface area (Å²) in [6, 6.07) is 75.6. The van der Waals surface area contributed by atoms with E-state index >= 15 is 0 Å². The molecule has 292 valence electrons. The van der Waals surface area contributed by atoms with Gasteiger partial charge >= 0.3 is 0 Å². The second-order valence-corrected chi connectivity index (χ2v) is 15.8. The van der Waals surface area contributed by atoms with E-state index in [9.17, 15) is 0 Å². The van der Waals surface area contributed by atoms with Crippen molar-refractivity contribution in [3.63, 3.8) is 0 Å². The van der Waals surface area contributed by atoms with Gasteiger partial charge in [0.2, 0.25) is 0 Å². The van der Waals surface area contributed by atoms with Crippen LogP contribution in [0.5, 0.6) is 0 Å². The number of hydrogen-bond acceptors (Lipinski definition) is 4. The third-order valence-electron chi connectivity index (χ3n) is 12.3. The second-order valence-electron chi connectivity index (χ2n) is 15.8. The van der Waals surface area contributed by atoms with Crippen LogP contribution in [0.15, 0.2) is 205 Å². The van der Waals surface area contributed by atoms with Crippen molar-refractivity contribution in [2.45, 2.75) is 0 Å². The van der Waals surface area contributed by atoms with E-state index in [1.54, 1.807) is 0 Å². The Morgan fingerprint density at radius 2 is 0.889 bits per heavy atom. The molecule has 0 aliphatic rings.